The maximum Gasteiger partial charge on any atom is 0.264 e. The summed E-state index contributed by atoms with van der Waals surface area (Å²) in [6, 6.07) is 2.52. The van der Waals surface area contributed by atoms with Crippen LogP contribution in [0.5, 0.6) is 0 Å². The van der Waals surface area contributed by atoms with Crippen molar-refractivity contribution >= 4 is 17.2 Å². The summed E-state index contributed by atoms with van der Waals surface area (Å²) in [5, 5.41) is 2.01. The Labute approximate surface area is 112 Å². The van der Waals surface area contributed by atoms with Crippen LogP contribution in [0.2, 0.25) is 0 Å². The molecule has 1 saturated carbocycles. The molecule has 1 atom stereocenters. The summed E-state index contributed by atoms with van der Waals surface area (Å²) in [5.74, 6) is 0.770. The molecule has 2 fully saturated rings. The Kier molecular flexibility index (Phi) is 3.39. The van der Waals surface area contributed by atoms with Crippen LogP contribution in [0.1, 0.15) is 34.5 Å². The molecular formula is C14H19NO2S. The van der Waals surface area contributed by atoms with Crippen molar-refractivity contribution in [3.63, 3.8) is 0 Å². The van der Waals surface area contributed by atoms with E-state index in [2.05, 4.69) is 4.90 Å². The molecule has 2 aliphatic rings. The molecule has 4 heteroatoms. The number of amides is 1. The van der Waals surface area contributed by atoms with Crippen LogP contribution in [0.4, 0.5) is 0 Å². The number of carbonyl (C=O) groups is 1. The van der Waals surface area contributed by atoms with Crippen molar-refractivity contribution in [3.8, 4) is 0 Å². The topological polar surface area (TPSA) is 29.5 Å². The van der Waals surface area contributed by atoms with E-state index in [-0.39, 0.29) is 5.91 Å². The molecule has 3 rings (SSSR count). The van der Waals surface area contributed by atoms with Crippen LogP contribution >= 0.6 is 11.3 Å². The Bertz CT molecular complexity index is 433. The van der Waals surface area contributed by atoms with Crippen LogP contribution in [-0.2, 0) is 4.74 Å². The first-order valence-corrected chi connectivity index (χ1v) is 7.56. The van der Waals surface area contributed by atoms with E-state index in [0.29, 0.717) is 12.0 Å². The van der Waals surface area contributed by atoms with Crippen molar-refractivity contribution in [3.05, 3.63) is 21.9 Å². The third-order valence-corrected chi connectivity index (χ3v) is 4.79. The van der Waals surface area contributed by atoms with Gasteiger partial charge in [-0.1, -0.05) is 0 Å². The first-order chi connectivity index (χ1) is 8.75. The van der Waals surface area contributed by atoms with Crippen molar-refractivity contribution in [1.82, 2.24) is 4.90 Å². The fourth-order valence-electron chi connectivity index (χ4n) is 2.51. The Morgan fingerprint density at radius 3 is 2.89 bits per heavy atom. The van der Waals surface area contributed by atoms with Crippen LogP contribution < -0.4 is 0 Å². The lowest BCUT2D eigenvalue weighted by atomic mass is 10.1. The molecule has 1 unspecified atom stereocenters. The second kappa shape index (κ2) is 5.02. The van der Waals surface area contributed by atoms with Crippen molar-refractivity contribution < 1.29 is 9.53 Å². The minimum atomic E-state index is 0.233. The predicted octanol–water partition coefficient (Wildman–Crippen LogP) is 2.70. The van der Waals surface area contributed by atoms with Gasteiger partial charge in [0, 0.05) is 25.1 Å². The summed E-state index contributed by atoms with van der Waals surface area (Å²) in [6.45, 7) is 4.57. The first-order valence-electron chi connectivity index (χ1n) is 6.68. The number of rotatable bonds is 4. The average molecular weight is 265 g/mol. The third-order valence-electron chi connectivity index (χ3n) is 3.78. The quantitative estimate of drug-likeness (QED) is 0.837. The second-order valence-corrected chi connectivity index (χ2v) is 6.27. The Morgan fingerprint density at radius 1 is 1.50 bits per heavy atom. The number of ether oxygens (including phenoxy) is 1. The molecule has 3 nitrogen and oxygen atoms in total. The van der Waals surface area contributed by atoms with Gasteiger partial charge in [0.2, 0.25) is 0 Å². The van der Waals surface area contributed by atoms with E-state index in [9.17, 15) is 4.79 Å². The molecule has 1 aliphatic carbocycles. The van der Waals surface area contributed by atoms with Crippen LogP contribution in [0, 0.1) is 12.8 Å². The summed E-state index contributed by atoms with van der Waals surface area (Å²) >= 11 is 1.57. The van der Waals surface area contributed by atoms with Crippen molar-refractivity contribution in [1.29, 1.82) is 0 Å². The monoisotopic (exact) mass is 265 g/mol. The highest BCUT2D eigenvalue weighted by molar-refractivity contribution is 7.12. The molecule has 0 radical (unpaired) electrons. The predicted molar refractivity (Wildman–Crippen MR) is 72.0 cm³/mol. The molecule has 0 aromatic carbocycles. The van der Waals surface area contributed by atoms with Gasteiger partial charge >= 0.3 is 0 Å². The molecular weight excluding hydrogens is 246 g/mol. The smallest absolute Gasteiger partial charge is 0.264 e. The van der Waals surface area contributed by atoms with Crippen LogP contribution in [0.25, 0.3) is 0 Å². The minimum Gasteiger partial charge on any atom is -0.381 e. The molecule has 0 N–H and O–H groups in total. The van der Waals surface area contributed by atoms with Gasteiger partial charge in [0.25, 0.3) is 5.91 Å². The molecule has 18 heavy (non-hydrogen) atoms. The zero-order valence-electron chi connectivity index (χ0n) is 10.7. The number of thiophene rings is 1. The summed E-state index contributed by atoms with van der Waals surface area (Å²) in [7, 11) is 0. The van der Waals surface area contributed by atoms with Gasteiger partial charge in [-0.3, -0.25) is 4.79 Å². The molecule has 2 heterocycles. The van der Waals surface area contributed by atoms with Gasteiger partial charge in [-0.25, -0.2) is 0 Å². The Morgan fingerprint density at radius 2 is 2.33 bits per heavy atom. The number of nitrogens with zero attached hydrogens (tertiary/aromatic N) is 1. The van der Waals surface area contributed by atoms with Gasteiger partial charge in [-0.15, -0.1) is 11.3 Å². The Balaban J connectivity index is 1.73. The van der Waals surface area contributed by atoms with E-state index >= 15 is 0 Å². The lowest BCUT2D eigenvalue weighted by Gasteiger charge is -2.25. The van der Waals surface area contributed by atoms with Gasteiger partial charge in [0.05, 0.1) is 11.5 Å². The molecule has 1 aromatic heterocycles. The van der Waals surface area contributed by atoms with E-state index < -0.39 is 0 Å². The number of hydrogen-bond acceptors (Lipinski definition) is 3. The van der Waals surface area contributed by atoms with Gasteiger partial charge in [0.1, 0.15) is 0 Å². The van der Waals surface area contributed by atoms with Crippen LogP contribution in [0.3, 0.4) is 0 Å². The largest absolute Gasteiger partial charge is 0.381 e. The first kappa shape index (κ1) is 12.2. The number of hydrogen-bond donors (Lipinski definition) is 0. The molecule has 0 spiro atoms. The molecule has 0 bridgehead atoms. The lowest BCUT2D eigenvalue weighted by Crippen LogP contribution is -2.37. The highest BCUT2D eigenvalue weighted by Gasteiger charge is 2.35. The zero-order chi connectivity index (χ0) is 12.5. The summed E-state index contributed by atoms with van der Waals surface area (Å²) in [6.07, 6.45) is 3.44. The SMILES string of the molecule is Cc1ccsc1C(=O)N(CC1CCOC1)C1CC1. The van der Waals surface area contributed by atoms with Gasteiger partial charge in [-0.2, -0.15) is 0 Å². The van der Waals surface area contributed by atoms with E-state index in [1.54, 1.807) is 11.3 Å². The lowest BCUT2D eigenvalue weighted by molar-refractivity contribution is 0.0710. The molecule has 1 aromatic rings. The van der Waals surface area contributed by atoms with E-state index in [1.165, 1.54) is 12.8 Å². The molecule has 98 valence electrons. The van der Waals surface area contributed by atoms with Crippen molar-refractivity contribution in [2.24, 2.45) is 5.92 Å². The van der Waals surface area contributed by atoms with Crippen LogP contribution in [0.15, 0.2) is 11.4 Å². The Hall–Kier alpha value is -0.870. The molecule has 1 saturated heterocycles. The van der Waals surface area contributed by atoms with Gasteiger partial charge < -0.3 is 9.64 Å². The fraction of sp³-hybridized carbons (Fsp3) is 0.643. The second-order valence-electron chi connectivity index (χ2n) is 5.35. The van der Waals surface area contributed by atoms with Gasteiger partial charge in [0.15, 0.2) is 0 Å². The third kappa shape index (κ3) is 2.45. The summed E-state index contributed by atoms with van der Waals surface area (Å²) in [4.78, 5) is 15.6. The summed E-state index contributed by atoms with van der Waals surface area (Å²) < 4.78 is 5.42. The standard InChI is InChI=1S/C14H19NO2S/c1-10-5-7-18-13(10)14(16)15(12-2-3-12)8-11-4-6-17-9-11/h5,7,11-12H,2-4,6,8-9H2,1H3. The average Bonchev–Trinajstić information content (AvgIpc) is 2.89. The van der Waals surface area contributed by atoms with E-state index in [0.717, 1.165) is 36.6 Å². The van der Waals surface area contributed by atoms with Crippen molar-refractivity contribution in [2.45, 2.75) is 32.2 Å². The normalized spacial score (nSPS) is 23.3. The van der Waals surface area contributed by atoms with E-state index in [4.69, 9.17) is 4.74 Å². The summed E-state index contributed by atoms with van der Waals surface area (Å²) in [5.41, 5.74) is 1.11. The zero-order valence-corrected chi connectivity index (χ0v) is 11.5. The van der Waals surface area contributed by atoms with Gasteiger partial charge in [-0.05, 0) is 43.2 Å². The molecule has 1 aliphatic heterocycles. The van der Waals surface area contributed by atoms with Crippen molar-refractivity contribution in [2.75, 3.05) is 19.8 Å². The number of carbonyl (C=O) groups excluding carboxylic acids is 1. The maximum absolute atomic E-state index is 12.6. The van der Waals surface area contributed by atoms with E-state index in [1.807, 2.05) is 18.4 Å². The maximum atomic E-state index is 12.6. The van der Waals surface area contributed by atoms with Crippen LogP contribution in [-0.4, -0.2) is 36.6 Å². The fourth-order valence-corrected chi connectivity index (χ4v) is 3.39. The number of aryl methyl sites for hydroxylation is 1. The minimum absolute atomic E-state index is 0.233. The molecule has 1 amide bonds. The highest BCUT2D eigenvalue weighted by Crippen LogP contribution is 2.31. The highest BCUT2D eigenvalue weighted by atomic mass is 32.1.